The first kappa shape index (κ1) is 13.4. The molecular formula is C15H22S. The highest BCUT2D eigenvalue weighted by Gasteiger charge is 2.00. The Balaban J connectivity index is 2.70. The zero-order valence-corrected chi connectivity index (χ0v) is 11.4. The maximum atomic E-state index is 2.29. The van der Waals surface area contributed by atoms with E-state index in [9.17, 15) is 0 Å². The summed E-state index contributed by atoms with van der Waals surface area (Å²) in [5, 5.41) is 2.29. The van der Waals surface area contributed by atoms with E-state index in [2.05, 4.69) is 49.8 Å². The van der Waals surface area contributed by atoms with Crippen LogP contribution in [0.3, 0.4) is 0 Å². The zero-order valence-electron chi connectivity index (χ0n) is 10.6. The molecule has 0 saturated heterocycles. The molecule has 0 aliphatic heterocycles. The molecule has 0 saturated carbocycles. The number of thioether (sulfide) groups is 1. The third-order valence-electron chi connectivity index (χ3n) is 2.73. The van der Waals surface area contributed by atoms with Crippen molar-refractivity contribution in [1.82, 2.24) is 0 Å². The van der Waals surface area contributed by atoms with Gasteiger partial charge in [-0.05, 0) is 42.6 Å². The number of benzene rings is 1. The molecule has 0 radical (unpaired) electrons. The van der Waals surface area contributed by atoms with Crippen LogP contribution in [-0.4, -0.2) is 6.26 Å². The van der Waals surface area contributed by atoms with Crippen molar-refractivity contribution in [3.8, 4) is 0 Å². The van der Waals surface area contributed by atoms with Crippen molar-refractivity contribution in [2.24, 2.45) is 0 Å². The van der Waals surface area contributed by atoms with Crippen molar-refractivity contribution in [3.63, 3.8) is 0 Å². The Kier molecular flexibility index (Phi) is 6.32. The van der Waals surface area contributed by atoms with E-state index >= 15 is 0 Å². The molecule has 1 rings (SSSR count). The first-order valence-electron chi connectivity index (χ1n) is 6.06. The lowest BCUT2D eigenvalue weighted by molar-refractivity contribution is 0.735. The summed E-state index contributed by atoms with van der Waals surface area (Å²) in [5.41, 5.74) is 4.21. The number of aryl methyl sites for hydroxylation is 1. The first-order chi connectivity index (χ1) is 7.77. The van der Waals surface area contributed by atoms with E-state index in [1.165, 1.54) is 42.4 Å². The second-order valence-electron chi connectivity index (χ2n) is 4.20. The van der Waals surface area contributed by atoms with Gasteiger partial charge in [0.15, 0.2) is 0 Å². The highest BCUT2D eigenvalue weighted by molar-refractivity contribution is 8.01. The summed E-state index contributed by atoms with van der Waals surface area (Å²) < 4.78 is 0. The smallest absolute Gasteiger partial charge is 0.0142 e. The molecule has 1 heteroatoms. The zero-order chi connectivity index (χ0) is 11.8. The van der Waals surface area contributed by atoms with E-state index < -0.39 is 0 Å². The minimum atomic E-state index is 1.21. The summed E-state index contributed by atoms with van der Waals surface area (Å²) in [4.78, 5) is 0. The molecular weight excluding hydrogens is 212 g/mol. The molecule has 88 valence electrons. The highest BCUT2D eigenvalue weighted by Crippen LogP contribution is 2.24. The monoisotopic (exact) mass is 234 g/mol. The molecule has 0 aliphatic rings. The van der Waals surface area contributed by atoms with E-state index in [1.807, 2.05) is 0 Å². The van der Waals surface area contributed by atoms with Gasteiger partial charge in [-0.2, -0.15) is 0 Å². The standard InChI is InChI=1S/C15H22S/c1-4-5-6-7-15(12-16-3)14-10-8-13(2)9-11-14/h8-12H,4-7H2,1-3H3/b15-12-. The van der Waals surface area contributed by atoms with Gasteiger partial charge in [0, 0.05) is 0 Å². The van der Waals surface area contributed by atoms with Crippen LogP contribution in [0.25, 0.3) is 5.57 Å². The Bertz CT molecular complexity index is 322. The maximum Gasteiger partial charge on any atom is -0.0142 e. The van der Waals surface area contributed by atoms with Gasteiger partial charge in [-0.1, -0.05) is 49.6 Å². The normalized spacial score (nSPS) is 11.8. The van der Waals surface area contributed by atoms with Crippen molar-refractivity contribution >= 4 is 17.3 Å². The fraction of sp³-hybridized carbons (Fsp3) is 0.467. The Morgan fingerprint density at radius 3 is 2.44 bits per heavy atom. The minimum absolute atomic E-state index is 1.21. The van der Waals surface area contributed by atoms with Crippen LogP contribution >= 0.6 is 11.8 Å². The first-order valence-corrected chi connectivity index (χ1v) is 7.35. The molecule has 0 bridgehead atoms. The van der Waals surface area contributed by atoms with Crippen molar-refractivity contribution in [3.05, 3.63) is 40.8 Å². The highest BCUT2D eigenvalue weighted by atomic mass is 32.2. The van der Waals surface area contributed by atoms with Gasteiger partial charge in [0.1, 0.15) is 0 Å². The van der Waals surface area contributed by atoms with E-state index in [-0.39, 0.29) is 0 Å². The second kappa shape index (κ2) is 7.56. The lowest BCUT2D eigenvalue weighted by atomic mass is 10.0. The maximum absolute atomic E-state index is 2.29. The molecule has 16 heavy (non-hydrogen) atoms. The average Bonchev–Trinajstić information content (AvgIpc) is 2.29. The Morgan fingerprint density at radius 1 is 1.19 bits per heavy atom. The molecule has 0 unspecified atom stereocenters. The van der Waals surface area contributed by atoms with Gasteiger partial charge in [-0.25, -0.2) is 0 Å². The predicted molar refractivity (Wildman–Crippen MR) is 76.8 cm³/mol. The van der Waals surface area contributed by atoms with Crippen LogP contribution < -0.4 is 0 Å². The Labute approximate surface area is 104 Å². The molecule has 1 aromatic rings. The van der Waals surface area contributed by atoms with Crippen LogP contribution in [0.2, 0.25) is 0 Å². The summed E-state index contributed by atoms with van der Waals surface area (Å²) in [6.07, 6.45) is 7.26. The topological polar surface area (TPSA) is 0 Å². The molecule has 0 nitrogen and oxygen atoms in total. The van der Waals surface area contributed by atoms with Gasteiger partial charge >= 0.3 is 0 Å². The van der Waals surface area contributed by atoms with Gasteiger partial charge < -0.3 is 0 Å². The van der Waals surface area contributed by atoms with E-state index in [0.29, 0.717) is 0 Å². The van der Waals surface area contributed by atoms with Crippen LogP contribution in [0, 0.1) is 6.92 Å². The molecule has 0 spiro atoms. The summed E-state index contributed by atoms with van der Waals surface area (Å²) in [5.74, 6) is 0. The van der Waals surface area contributed by atoms with Gasteiger partial charge in [-0.15, -0.1) is 11.8 Å². The quantitative estimate of drug-likeness (QED) is 0.603. The van der Waals surface area contributed by atoms with E-state index in [0.717, 1.165) is 0 Å². The fourth-order valence-corrected chi connectivity index (χ4v) is 2.29. The SMILES string of the molecule is CCCCC/C(=C/SC)c1ccc(C)cc1. The Hall–Kier alpha value is -0.690. The second-order valence-corrected chi connectivity index (χ2v) is 4.91. The average molecular weight is 234 g/mol. The number of allylic oxidation sites excluding steroid dienone is 1. The van der Waals surface area contributed by atoms with E-state index in [4.69, 9.17) is 0 Å². The third-order valence-corrected chi connectivity index (χ3v) is 3.25. The Morgan fingerprint density at radius 2 is 1.88 bits per heavy atom. The van der Waals surface area contributed by atoms with Crippen molar-refractivity contribution in [2.45, 2.75) is 39.5 Å². The van der Waals surface area contributed by atoms with Crippen molar-refractivity contribution in [1.29, 1.82) is 0 Å². The summed E-state index contributed by atoms with van der Waals surface area (Å²) in [7, 11) is 0. The predicted octanol–water partition coefficient (Wildman–Crippen LogP) is 5.28. The van der Waals surface area contributed by atoms with Crippen LogP contribution in [0.15, 0.2) is 29.7 Å². The molecule has 0 fully saturated rings. The van der Waals surface area contributed by atoms with Gasteiger partial charge in [0.25, 0.3) is 0 Å². The van der Waals surface area contributed by atoms with Crippen LogP contribution in [0.5, 0.6) is 0 Å². The van der Waals surface area contributed by atoms with Gasteiger partial charge in [0.05, 0.1) is 0 Å². The number of unbranched alkanes of at least 4 members (excludes halogenated alkanes) is 2. The minimum Gasteiger partial charge on any atom is -0.137 e. The molecule has 0 heterocycles. The molecule has 0 atom stereocenters. The molecule has 0 aliphatic carbocycles. The van der Waals surface area contributed by atoms with Gasteiger partial charge in [0.2, 0.25) is 0 Å². The summed E-state index contributed by atoms with van der Waals surface area (Å²) in [6.45, 7) is 4.39. The lowest BCUT2D eigenvalue weighted by Gasteiger charge is -2.07. The lowest BCUT2D eigenvalue weighted by Crippen LogP contribution is -1.86. The van der Waals surface area contributed by atoms with Crippen LogP contribution in [-0.2, 0) is 0 Å². The molecule has 0 aromatic heterocycles. The number of rotatable bonds is 6. The molecule has 1 aromatic carbocycles. The van der Waals surface area contributed by atoms with Crippen molar-refractivity contribution in [2.75, 3.05) is 6.26 Å². The number of hydrogen-bond donors (Lipinski definition) is 0. The largest absolute Gasteiger partial charge is 0.137 e. The van der Waals surface area contributed by atoms with Crippen LogP contribution in [0.1, 0.15) is 43.7 Å². The van der Waals surface area contributed by atoms with E-state index in [1.54, 1.807) is 11.8 Å². The third kappa shape index (κ3) is 4.44. The molecule has 0 amide bonds. The van der Waals surface area contributed by atoms with Crippen LogP contribution in [0.4, 0.5) is 0 Å². The summed E-state index contributed by atoms with van der Waals surface area (Å²) in [6, 6.07) is 8.87. The van der Waals surface area contributed by atoms with Gasteiger partial charge in [-0.3, -0.25) is 0 Å². The van der Waals surface area contributed by atoms with Crippen molar-refractivity contribution < 1.29 is 0 Å². The fourth-order valence-electron chi connectivity index (χ4n) is 1.75. The molecule has 0 N–H and O–H groups in total. The number of hydrogen-bond acceptors (Lipinski definition) is 1. The summed E-state index contributed by atoms with van der Waals surface area (Å²) >= 11 is 1.80.